The number of rotatable bonds is 11. The molecule has 1 amide bonds. The summed E-state index contributed by atoms with van der Waals surface area (Å²) >= 11 is 1.03. The minimum Gasteiger partial charge on any atom is -0.353 e. The maximum Gasteiger partial charge on any atom is 0.244 e. The van der Waals surface area contributed by atoms with Crippen LogP contribution in [-0.2, 0) is 9.59 Å². The van der Waals surface area contributed by atoms with E-state index in [4.69, 9.17) is 0 Å². The number of thioether (sulfide) groups is 1. The fourth-order valence-electron chi connectivity index (χ4n) is 1.51. The van der Waals surface area contributed by atoms with E-state index in [-0.39, 0.29) is 11.0 Å². The molecule has 0 atom stereocenters. The molecular formula is C15H25NO2S. The van der Waals surface area contributed by atoms with Crippen molar-refractivity contribution in [3.63, 3.8) is 0 Å². The Labute approximate surface area is 120 Å². The van der Waals surface area contributed by atoms with Crippen LogP contribution in [-0.4, -0.2) is 17.6 Å². The van der Waals surface area contributed by atoms with Gasteiger partial charge in [0.25, 0.3) is 0 Å². The summed E-state index contributed by atoms with van der Waals surface area (Å²) in [6.07, 6.45) is 10.5. The van der Waals surface area contributed by atoms with Crippen molar-refractivity contribution in [1.29, 1.82) is 0 Å². The number of amides is 1. The molecule has 0 aliphatic carbocycles. The molecule has 0 rings (SSSR count). The van der Waals surface area contributed by atoms with Crippen LogP contribution in [0.15, 0.2) is 24.1 Å². The van der Waals surface area contributed by atoms with E-state index in [0.717, 1.165) is 24.6 Å². The fourth-order valence-corrected chi connectivity index (χ4v) is 2.07. The van der Waals surface area contributed by atoms with Crippen molar-refractivity contribution >= 4 is 22.8 Å². The average molecular weight is 283 g/mol. The van der Waals surface area contributed by atoms with Gasteiger partial charge in [-0.1, -0.05) is 56.9 Å². The normalized spacial score (nSPS) is 10.6. The molecule has 1 N–H and O–H groups in total. The molecule has 0 aromatic heterocycles. The third kappa shape index (κ3) is 13.2. The third-order valence-electron chi connectivity index (χ3n) is 2.56. The molecule has 0 radical (unpaired) electrons. The number of carbonyl (C=O) groups excluding carboxylic acids is 2. The van der Waals surface area contributed by atoms with E-state index in [9.17, 15) is 9.59 Å². The van der Waals surface area contributed by atoms with E-state index >= 15 is 0 Å². The molecule has 19 heavy (non-hydrogen) atoms. The second-order valence-corrected chi connectivity index (χ2v) is 5.31. The van der Waals surface area contributed by atoms with Crippen LogP contribution in [0.2, 0.25) is 0 Å². The Hall–Kier alpha value is -1.03. The average Bonchev–Trinajstić information content (AvgIpc) is 2.38. The molecule has 0 unspecified atom stereocenters. The van der Waals surface area contributed by atoms with Crippen LogP contribution in [0.1, 0.15) is 51.9 Å². The highest BCUT2D eigenvalue weighted by molar-refractivity contribution is 8.16. The Morgan fingerprint density at radius 2 is 1.84 bits per heavy atom. The highest BCUT2D eigenvalue weighted by Gasteiger charge is 1.98. The summed E-state index contributed by atoms with van der Waals surface area (Å²) in [6.45, 7) is 6.39. The molecule has 108 valence electrons. The van der Waals surface area contributed by atoms with Crippen LogP contribution in [0.3, 0.4) is 0 Å². The largest absolute Gasteiger partial charge is 0.353 e. The highest BCUT2D eigenvalue weighted by atomic mass is 32.2. The van der Waals surface area contributed by atoms with Gasteiger partial charge >= 0.3 is 0 Å². The lowest BCUT2D eigenvalue weighted by molar-refractivity contribution is -0.116. The molecule has 0 bridgehead atoms. The quantitative estimate of drug-likeness (QED) is 0.356. The summed E-state index contributed by atoms with van der Waals surface area (Å²) in [4.78, 5) is 22.5. The van der Waals surface area contributed by atoms with Crippen LogP contribution in [0.4, 0.5) is 0 Å². The SMILES string of the molecule is C=CCC(=O)S/C=C\C(=O)NCCCCCCCC. The highest BCUT2D eigenvalue weighted by Crippen LogP contribution is 2.07. The molecule has 4 heteroatoms. The van der Waals surface area contributed by atoms with Crippen LogP contribution in [0, 0.1) is 0 Å². The summed E-state index contributed by atoms with van der Waals surface area (Å²) < 4.78 is 0. The summed E-state index contributed by atoms with van der Waals surface area (Å²) in [5, 5.41) is 4.33. The van der Waals surface area contributed by atoms with Crippen LogP contribution < -0.4 is 5.32 Å². The smallest absolute Gasteiger partial charge is 0.244 e. The van der Waals surface area contributed by atoms with Crippen molar-refractivity contribution in [3.05, 3.63) is 24.1 Å². The van der Waals surface area contributed by atoms with Crippen LogP contribution in [0.25, 0.3) is 0 Å². The molecule has 0 saturated carbocycles. The van der Waals surface area contributed by atoms with Gasteiger partial charge in [0.1, 0.15) is 0 Å². The number of hydrogen-bond acceptors (Lipinski definition) is 3. The van der Waals surface area contributed by atoms with Crippen molar-refractivity contribution in [3.8, 4) is 0 Å². The molecule has 0 fully saturated rings. The topological polar surface area (TPSA) is 46.2 Å². The van der Waals surface area contributed by atoms with Gasteiger partial charge in [-0.3, -0.25) is 9.59 Å². The zero-order chi connectivity index (χ0) is 14.3. The molecule has 0 spiro atoms. The lowest BCUT2D eigenvalue weighted by Crippen LogP contribution is -2.21. The molecule has 0 aromatic carbocycles. The lowest BCUT2D eigenvalue weighted by atomic mass is 10.1. The Kier molecular flexibility index (Phi) is 12.7. The Morgan fingerprint density at radius 1 is 1.16 bits per heavy atom. The summed E-state index contributed by atoms with van der Waals surface area (Å²) in [5.41, 5.74) is 0. The van der Waals surface area contributed by atoms with Gasteiger partial charge in [-0.05, 0) is 11.8 Å². The van der Waals surface area contributed by atoms with Gasteiger partial charge in [0.05, 0.1) is 0 Å². The van der Waals surface area contributed by atoms with Crippen molar-refractivity contribution in [2.24, 2.45) is 0 Å². The number of nitrogens with one attached hydrogen (secondary N) is 1. The predicted molar refractivity (Wildman–Crippen MR) is 82.9 cm³/mol. The van der Waals surface area contributed by atoms with E-state index in [1.807, 2.05) is 0 Å². The van der Waals surface area contributed by atoms with Gasteiger partial charge in [-0.2, -0.15) is 0 Å². The molecule has 0 heterocycles. The van der Waals surface area contributed by atoms with E-state index in [0.29, 0.717) is 13.0 Å². The summed E-state index contributed by atoms with van der Waals surface area (Å²) in [6, 6.07) is 0. The second kappa shape index (κ2) is 13.4. The maximum atomic E-state index is 11.4. The van der Waals surface area contributed by atoms with E-state index < -0.39 is 0 Å². The minimum atomic E-state index is -0.132. The van der Waals surface area contributed by atoms with Crippen molar-refractivity contribution in [2.45, 2.75) is 51.9 Å². The molecular weight excluding hydrogens is 258 g/mol. The van der Waals surface area contributed by atoms with E-state index in [1.165, 1.54) is 37.2 Å². The zero-order valence-electron chi connectivity index (χ0n) is 11.8. The van der Waals surface area contributed by atoms with Crippen molar-refractivity contribution < 1.29 is 9.59 Å². The van der Waals surface area contributed by atoms with Gasteiger partial charge in [0, 0.05) is 19.0 Å². The van der Waals surface area contributed by atoms with Crippen molar-refractivity contribution in [2.75, 3.05) is 6.54 Å². The van der Waals surface area contributed by atoms with E-state index in [2.05, 4.69) is 18.8 Å². The third-order valence-corrected chi connectivity index (χ3v) is 3.26. The molecule has 0 aliphatic heterocycles. The van der Waals surface area contributed by atoms with Gasteiger partial charge in [-0.25, -0.2) is 0 Å². The summed E-state index contributed by atoms with van der Waals surface area (Å²) in [7, 11) is 0. The Morgan fingerprint density at radius 3 is 2.53 bits per heavy atom. The first kappa shape index (κ1) is 18.0. The molecule has 0 saturated heterocycles. The van der Waals surface area contributed by atoms with Crippen LogP contribution >= 0.6 is 11.8 Å². The Bertz CT molecular complexity index is 301. The predicted octanol–water partition coefficient (Wildman–Crippen LogP) is 3.81. The molecule has 0 aliphatic rings. The Balaban J connectivity index is 3.46. The molecule has 0 aromatic rings. The zero-order valence-corrected chi connectivity index (χ0v) is 12.6. The first-order valence-electron chi connectivity index (χ1n) is 6.95. The monoisotopic (exact) mass is 283 g/mol. The first-order chi connectivity index (χ1) is 9.20. The maximum absolute atomic E-state index is 11.4. The van der Waals surface area contributed by atoms with Crippen molar-refractivity contribution in [1.82, 2.24) is 5.32 Å². The number of unbranched alkanes of at least 4 members (excludes halogenated alkanes) is 5. The van der Waals surface area contributed by atoms with Crippen LogP contribution in [0.5, 0.6) is 0 Å². The standard InChI is InChI=1S/C15H25NO2S/c1-3-5-6-7-8-9-12-16-14(17)11-13-19-15(18)10-4-2/h4,11,13H,2-3,5-10,12H2,1H3,(H,16,17)/b13-11-. The lowest BCUT2D eigenvalue weighted by Gasteiger charge is -2.02. The number of allylic oxidation sites excluding steroid dienone is 1. The van der Waals surface area contributed by atoms with Gasteiger partial charge in [0.2, 0.25) is 5.91 Å². The fraction of sp³-hybridized carbons (Fsp3) is 0.600. The minimum absolute atomic E-state index is 0.00465. The number of carbonyl (C=O) groups is 2. The van der Waals surface area contributed by atoms with Gasteiger partial charge in [-0.15, -0.1) is 6.58 Å². The number of hydrogen-bond donors (Lipinski definition) is 1. The summed E-state index contributed by atoms with van der Waals surface area (Å²) in [5.74, 6) is -0.132. The second-order valence-electron chi connectivity index (χ2n) is 4.34. The molecule has 3 nitrogen and oxygen atoms in total. The van der Waals surface area contributed by atoms with Gasteiger partial charge in [0.15, 0.2) is 5.12 Å². The van der Waals surface area contributed by atoms with E-state index in [1.54, 1.807) is 6.08 Å². The van der Waals surface area contributed by atoms with Gasteiger partial charge < -0.3 is 5.32 Å². The first-order valence-corrected chi connectivity index (χ1v) is 7.83.